The van der Waals surface area contributed by atoms with Gasteiger partial charge in [-0.15, -0.1) is 0 Å². The Labute approximate surface area is 100 Å². The third-order valence-corrected chi connectivity index (χ3v) is 2.37. The zero-order valence-corrected chi connectivity index (χ0v) is 9.68. The van der Waals surface area contributed by atoms with Gasteiger partial charge in [-0.2, -0.15) is 5.26 Å². The first-order valence-corrected chi connectivity index (χ1v) is 5.31. The van der Waals surface area contributed by atoms with Gasteiger partial charge in [0.2, 0.25) is 0 Å². The number of anilines is 1. The van der Waals surface area contributed by atoms with Crippen LogP contribution in [0.4, 0.5) is 5.69 Å². The van der Waals surface area contributed by atoms with Gasteiger partial charge < -0.3 is 10.3 Å². The number of hydrogen-bond donors (Lipinski definition) is 2. The molecule has 90 valence electrons. The van der Waals surface area contributed by atoms with Crippen molar-refractivity contribution in [2.75, 3.05) is 18.5 Å². The molecule has 1 heterocycles. The summed E-state index contributed by atoms with van der Waals surface area (Å²) in [5, 5.41) is 8.53. The Morgan fingerprint density at radius 1 is 1.71 bits per heavy atom. The highest BCUT2D eigenvalue weighted by molar-refractivity contribution is 5.99. The van der Waals surface area contributed by atoms with E-state index >= 15 is 0 Å². The fourth-order valence-electron chi connectivity index (χ4n) is 1.45. The number of amides is 1. The summed E-state index contributed by atoms with van der Waals surface area (Å²) in [6.07, 6.45) is 3.33. The van der Waals surface area contributed by atoms with Crippen molar-refractivity contribution < 1.29 is 4.79 Å². The molecule has 1 aromatic heterocycles. The Morgan fingerprint density at radius 3 is 3.06 bits per heavy atom. The number of nitriles is 1. The number of nitrogens with zero attached hydrogens (tertiary/aromatic N) is 3. The summed E-state index contributed by atoms with van der Waals surface area (Å²) in [5.41, 5.74) is 3.40. The number of carbonyl (C=O) groups is 1. The Bertz CT molecular complexity index is 426. The Morgan fingerprint density at radius 2 is 2.47 bits per heavy atom. The number of nitrogens with one attached hydrogen (secondary N) is 1. The summed E-state index contributed by atoms with van der Waals surface area (Å²) in [4.78, 5) is 17.6. The van der Waals surface area contributed by atoms with E-state index in [1.165, 1.54) is 6.20 Å². The van der Waals surface area contributed by atoms with Crippen LogP contribution in [0.1, 0.15) is 23.7 Å². The molecule has 0 spiro atoms. The zero-order valence-electron chi connectivity index (χ0n) is 9.68. The number of hydrazine groups is 1. The van der Waals surface area contributed by atoms with Gasteiger partial charge in [0.15, 0.2) is 0 Å². The topological polar surface area (TPSA) is 95.0 Å². The van der Waals surface area contributed by atoms with Gasteiger partial charge in [-0.05, 0) is 13.0 Å². The normalized spacial score (nSPS) is 9.47. The van der Waals surface area contributed by atoms with Gasteiger partial charge in [-0.3, -0.25) is 15.6 Å². The average molecular weight is 233 g/mol. The molecular weight excluding hydrogens is 218 g/mol. The van der Waals surface area contributed by atoms with Crippen LogP contribution in [0.15, 0.2) is 18.5 Å². The minimum Gasteiger partial charge on any atom is -0.338 e. The molecule has 17 heavy (non-hydrogen) atoms. The van der Waals surface area contributed by atoms with Crippen molar-refractivity contribution in [3.63, 3.8) is 0 Å². The second-order valence-electron chi connectivity index (χ2n) is 3.36. The second kappa shape index (κ2) is 6.45. The standard InChI is InChI=1S/C11H15N5O/c1-2-16(7-3-5-12)11(17)9-8-14-6-4-10(9)15-13/h4,6,8H,2-3,7,13H2,1H3,(H,14,15). The molecule has 6 heteroatoms. The highest BCUT2D eigenvalue weighted by Gasteiger charge is 2.17. The van der Waals surface area contributed by atoms with Crippen molar-refractivity contribution in [3.8, 4) is 6.07 Å². The van der Waals surface area contributed by atoms with Crippen LogP contribution in [0.5, 0.6) is 0 Å². The van der Waals surface area contributed by atoms with Crippen LogP contribution in [-0.4, -0.2) is 28.9 Å². The maximum atomic E-state index is 12.1. The molecule has 0 saturated carbocycles. The van der Waals surface area contributed by atoms with Gasteiger partial charge in [-0.1, -0.05) is 0 Å². The van der Waals surface area contributed by atoms with Crippen LogP contribution in [0.2, 0.25) is 0 Å². The third-order valence-electron chi connectivity index (χ3n) is 2.37. The van der Waals surface area contributed by atoms with E-state index < -0.39 is 0 Å². The van der Waals surface area contributed by atoms with Crippen LogP contribution in [0, 0.1) is 11.3 Å². The molecule has 0 aromatic carbocycles. The summed E-state index contributed by atoms with van der Waals surface area (Å²) in [6, 6.07) is 3.65. The van der Waals surface area contributed by atoms with Gasteiger partial charge in [0.05, 0.1) is 23.7 Å². The van der Waals surface area contributed by atoms with E-state index in [4.69, 9.17) is 11.1 Å². The fraction of sp³-hybridized carbons (Fsp3) is 0.364. The summed E-state index contributed by atoms with van der Waals surface area (Å²) in [5.74, 6) is 5.15. The van der Waals surface area contributed by atoms with Gasteiger partial charge in [0, 0.05) is 25.5 Å². The predicted octanol–water partition coefficient (Wildman–Crippen LogP) is 0.743. The van der Waals surface area contributed by atoms with E-state index in [1.54, 1.807) is 17.2 Å². The molecule has 1 rings (SSSR count). The first-order valence-electron chi connectivity index (χ1n) is 5.31. The van der Waals surface area contributed by atoms with Crippen molar-refractivity contribution in [1.29, 1.82) is 5.26 Å². The van der Waals surface area contributed by atoms with Gasteiger partial charge >= 0.3 is 0 Å². The number of hydrogen-bond acceptors (Lipinski definition) is 5. The van der Waals surface area contributed by atoms with Crippen molar-refractivity contribution in [1.82, 2.24) is 9.88 Å². The summed E-state index contributed by atoms with van der Waals surface area (Å²) in [7, 11) is 0. The zero-order chi connectivity index (χ0) is 12.7. The lowest BCUT2D eigenvalue weighted by atomic mass is 10.2. The van der Waals surface area contributed by atoms with Crippen LogP contribution >= 0.6 is 0 Å². The lowest BCUT2D eigenvalue weighted by Crippen LogP contribution is -2.32. The highest BCUT2D eigenvalue weighted by Crippen LogP contribution is 2.14. The monoisotopic (exact) mass is 233 g/mol. The first kappa shape index (κ1) is 12.9. The second-order valence-corrected chi connectivity index (χ2v) is 3.36. The molecule has 6 nitrogen and oxygen atoms in total. The number of pyridine rings is 1. The summed E-state index contributed by atoms with van der Waals surface area (Å²) < 4.78 is 0. The average Bonchev–Trinajstić information content (AvgIpc) is 2.39. The van der Waals surface area contributed by atoms with Crippen LogP contribution < -0.4 is 11.3 Å². The number of nitrogen functional groups attached to an aromatic ring is 1. The minimum absolute atomic E-state index is 0.177. The van der Waals surface area contributed by atoms with Crippen LogP contribution in [0.25, 0.3) is 0 Å². The van der Waals surface area contributed by atoms with Gasteiger partial charge in [0.1, 0.15) is 0 Å². The van der Waals surface area contributed by atoms with E-state index in [0.717, 1.165) is 0 Å². The van der Waals surface area contributed by atoms with Crippen molar-refractivity contribution in [3.05, 3.63) is 24.0 Å². The fourth-order valence-corrected chi connectivity index (χ4v) is 1.45. The SMILES string of the molecule is CCN(CCC#N)C(=O)c1cnccc1NN. The van der Waals surface area contributed by atoms with Crippen molar-refractivity contribution in [2.45, 2.75) is 13.3 Å². The molecule has 0 aliphatic heterocycles. The van der Waals surface area contributed by atoms with Gasteiger partial charge in [0.25, 0.3) is 5.91 Å². The number of aromatic nitrogens is 1. The Kier molecular flexibility index (Phi) is 4.91. The Hall–Kier alpha value is -2.13. The summed E-state index contributed by atoms with van der Waals surface area (Å²) in [6.45, 7) is 2.81. The Balaban J connectivity index is 2.90. The molecule has 0 aliphatic carbocycles. The molecule has 0 atom stereocenters. The lowest BCUT2D eigenvalue weighted by molar-refractivity contribution is 0.0768. The van der Waals surface area contributed by atoms with Gasteiger partial charge in [-0.25, -0.2) is 0 Å². The van der Waals surface area contributed by atoms with Crippen LogP contribution in [0.3, 0.4) is 0 Å². The molecule has 0 aliphatic rings. The van der Waals surface area contributed by atoms with E-state index in [-0.39, 0.29) is 5.91 Å². The number of rotatable bonds is 5. The maximum absolute atomic E-state index is 12.1. The lowest BCUT2D eigenvalue weighted by Gasteiger charge is -2.20. The van der Waals surface area contributed by atoms with Crippen LogP contribution in [-0.2, 0) is 0 Å². The third kappa shape index (κ3) is 3.16. The molecular formula is C11H15N5O. The molecule has 0 saturated heterocycles. The predicted molar refractivity (Wildman–Crippen MR) is 63.9 cm³/mol. The minimum atomic E-state index is -0.177. The smallest absolute Gasteiger partial charge is 0.257 e. The highest BCUT2D eigenvalue weighted by atomic mass is 16.2. The van der Waals surface area contributed by atoms with E-state index in [0.29, 0.717) is 30.8 Å². The van der Waals surface area contributed by atoms with Crippen molar-refractivity contribution in [2.24, 2.45) is 5.84 Å². The van der Waals surface area contributed by atoms with E-state index in [9.17, 15) is 4.79 Å². The first-order chi connectivity index (χ1) is 8.24. The molecule has 1 aromatic rings. The molecule has 1 amide bonds. The molecule has 3 N–H and O–H groups in total. The number of nitrogens with two attached hydrogens (primary N) is 1. The molecule has 0 fully saturated rings. The molecule has 0 unspecified atom stereocenters. The summed E-state index contributed by atoms with van der Waals surface area (Å²) >= 11 is 0. The maximum Gasteiger partial charge on any atom is 0.257 e. The molecule has 0 bridgehead atoms. The quantitative estimate of drug-likeness (QED) is 0.577. The van der Waals surface area contributed by atoms with E-state index in [2.05, 4.69) is 10.4 Å². The number of carbonyl (C=O) groups excluding carboxylic acids is 1. The van der Waals surface area contributed by atoms with Crippen molar-refractivity contribution >= 4 is 11.6 Å². The largest absolute Gasteiger partial charge is 0.338 e. The van der Waals surface area contributed by atoms with E-state index in [1.807, 2.05) is 13.0 Å². The molecule has 0 radical (unpaired) electrons.